The summed E-state index contributed by atoms with van der Waals surface area (Å²) >= 11 is 0. The van der Waals surface area contributed by atoms with Crippen LogP contribution in [0.1, 0.15) is 37.8 Å². The molecule has 1 saturated carbocycles. The van der Waals surface area contributed by atoms with Crippen molar-refractivity contribution < 1.29 is 19.4 Å². The standard InChI is InChI=1S/C16H20N2O4/c1-11-15(22-16(19)20)18-9-5-8-13(14(18)17-11)21-10-12-6-3-2-4-7-12/h5,8-9,12H,2-4,6-7,10H2,1H3,(H,19,20). The number of imidazole rings is 1. The van der Waals surface area contributed by atoms with E-state index in [1.165, 1.54) is 32.1 Å². The van der Waals surface area contributed by atoms with Crippen molar-refractivity contribution in [3.8, 4) is 11.6 Å². The van der Waals surface area contributed by atoms with Crippen molar-refractivity contribution in [3.63, 3.8) is 0 Å². The average molecular weight is 304 g/mol. The third-order valence-corrected chi connectivity index (χ3v) is 4.12. The maximum Gasteiger partial charge on any atom is 0.512 e. The Morgan fingerprint density at radius 1 is 1.41 bits per heavy atom. The van der Waals surface area contributed by atoms with E-state index in [9.17, 15) is 4.79 Å². The first kappa shape index (κ1) is 14.7. The number of rotatable bonds is 4. The molecule has 0 radical (unpaired) electrons. The Hall–Kier alpha value is -2.24. The Morgan fingerprint density at radius 3 is 2.91 bits per heavy atom. The van der Waals surface area contributed by atoms with E-state index in [2.05, 4.69) is 4.98 Å². The molecular weight excluding hydrogens is 284 g/mol. The van der Waals surface area contributed by atoms with Gasteiger partial charge in [0.2, 0.25) is 5.88 Å². The molecule has 0 spiro atoms. The molecule has 1 N–H and O–H groups in total. The maximum absolute atomic E-state index is 10.8. The van der Waals surface area contributed by atoms with E-state index in [4.69, 9.17) is 14.6 Å². The molecule has 0 amide bonds. The number of hydrogen-bond acceptors (Lipinski definition) is 4. The molecule has 2 aromatic heterocycles. The molecule has 22 heavy (non-hydrogen) atoms. The second-order valence-electron chi connectivity index (χ2n) is 5.75. The first-order valence-corrected chi connectivity index (χ1v) is 7.66. The number of nitrogens with zero attached hydrogens (tertiary/aromatic N) is 2. The molecule has 2 aromatic rings. The number of pyridine rings is 1. The lowest BCUT2D eigenvalue weighted by atomic mass is 9.90. The molecule has 0 atom stereocenters. The van der Waals surface area contributed by atoms with Crippen LogP contribution in [0.3, 0.4) is 0 Å². The molecular formula is C16H20N2O4. The Bertz CT molecular complexity index is 674. The normalized spacial score (nSPS) is 15.9. The van der Waals surface area contributed by atoms with Gasteiger partial charge in [-0.2, -0.15) is 0 Å². The molecule has 2 heterocycles. The fraction of sp³-hybridized carbons (Fsp3) is 0.500. The van der Waals surface area contributed by atoms with Crippen LogP contribution in [0.25, 0.3) is 5.65 Å². The van der Waals surface area contributed by atoms with Crippen LogP contribution in [-0.2, 0) is 0 Å². The van der Waals surface area contributed by atoms with Crippen molar-refractivity contribution in [1.82, 2.24) is 9.38 Å². The molecule has 6 nitrogen and oxygen atoms in total. The Kier molecular flexibility index (Phi) is 4.18. The van der Waals surface area contributed by atoms with Gasteiger partial charge in [0.25, 0.3) is 0 Å². The van der Waals surface area contributed by atoms with Gasteiger partial charge in [-0.15, -0.1) is 0 Å². The number of carboxylic acid groups (broad SMARTS) is 1. The lowest BCUT2D eigenvalue weighted by molar-refractivity contribution is 0.141. The van der Waals surface area contributed by atoms with Crippen molar-refractivity contribution >= 4 is 11.8 Å². The summed E-state index contributed by atoms with van der Waals surface area (Å²) in [4.78, 5) is 15.2. The highest BCUT2D eigenvalue weighted by atomic mass is 16.7. The second-order valence-corrected chi connectivity index (χ2v) is 5.75. The number of aromatic nitrogens is 2. The van der Waals surface area contributed by atoms with Gasteiger partial charge in [-0.3, -0.25) is 4.40 Å². The van der Waals surface area contributed by atoms with E-state index in [0.717, 1.165) is 0 Å². The smallest absolute Gasteiger partial charge is 0.489 e. The Morgan fingerprint density at radius 2 is 2.18 bits per heavy atom. The number of hydrogen-bond donors (Lipinski definition) is 1. The number of fused-ring (bicyclic) bond motifs is 1. The van der Waals surface area contributed by atoms with Crippen LogP contribution >= 0.6 is 0 Å². The summed E-state index contributed by atoms with van der Waals surface area (Å²) in [5.41, 5.74) is 1.11. The van der Waals surface area contributed by atoms with Crippen LogP contribution < -0.4 is 9.47 Å². The zero-order chi connectivity index (χ0) is 15.5. The monoisotopic (exact) mass is 304 g/mol. The van der Waals surface area contributed by atoms with Gasteiger partial charge in [0.15, 0.2) is 11.4 Å². The fourth-order valence-electron chi connectivity index (χ4n) is 3.01. The zero-order valence-corrected chi connectivity index (χ0v) is 12.6. The van der Waals surface area contributed by atoms with Crippen molar-refractivity contribution in [2.45, 2.75) is 39.0 Å². The molecule has 0 aliphatic heterocycles. The van der Waals surface area contributed by atoms with Crippen LogP contribution in [0.5, 0.6) is 11.6 Å². The highest BCUT2D eigenvalue weighted by Gasteiger charge is 2.18. The second kappa shape index (κ2) is 6.25. The van der Waals surface area contributed by atoms with E-state index in [0.29, 0.717) is 29.6 Å². The summed E-state index contributed by atoms with van der Waals surface area (Å²) in [6, 6.07) is 3.66. The van der Waals surface area contributed by atoms with Crippen LogP contribution in [-0.4, -0.2) is 27.3 Å². The van der Waals surface area contributed by atoms with Crippen molar-refractivity contribution in [3.05, 3.63) is 24.0 Å². The molecule has 0 aromatic carbocycles. The van der Waals surface area contributed by atoms with Crippen molar-refractivity contribution in [2.75, 3.05) is 6.61 Å². The predicted molar refractivity (Wildman–Crippen MR) is 80.7 cm³/mol. The largest absolute Gasteiger partial charge is 0.512 e. The van der Waals surface area contributed by atoms with Gasteiger partial charge in [-0.25, -0.2) is 9.78 Å². The molecule has 1 aliphatic carbocycles. The van der Waals surface area contributed by atoms with E-state index in [-0.39, 0.29) is 5.88 Å². The zero-order valence-electron chi connectivity index (χ0n) is 12.6. The van der Waals surface area contributed by atoms with Crippen LogP contribution in [0.15, 0.2) is 18.3 Å². The van der Waals surface area contributed by atoms with E-state index >= 15 is 0 Å². The highest BCUT2D eigenvalue weighted by Crippen LogP contribution is 2.29. The summed E-state index contributed by atoms with van der Waals surface area (Å²) in [6.45, 7) is 2.40. The lowest BCUT2D eigenvalue weighted by Gasteiger charge is -2.21. The first-order valence-electron chi connectivity index (χ1n) is 7.66. The molecule has 0 saturated heterocycles. The minimum Gasteiger partial charge on any atom is -0.489 e. The minimum absolute atomic E-state index is 0.214. The summed E-state index contributed by atoms with van der Waals surface area (Å²) in [5.74, 6) is 1.47. The van der Waals surface area contributed by atoms with Crippen molar-refractivity contribution in [2.24, 2.45) is 5.92 Å². The summed E-state index contributed by atoms with van der Waals surface area (Å²) in [5, 5.41) is 8.82. The molecule has 118 valence electrons. The molecule has 6 heteroatoms. The Balaban J connectivity index is 1.82. The quantitative estimate of drug-likeness (QED) is 0.873. The maximum atomic E-state index is 10.8. The summed E-state index contributed by atoms with van der Waals surface area (Å²) in [7, 11) is 0. The molecule has 3 rings (SSSR count). The molecule has 0 unspecified atom stereocenters. The Labute approximate surface area is 128 Å². The van der Waals surface area contributed by atoms with Gasteiger partial charge in [0, 0.05) is 6.20 Å². The van der Waals surface area contributed by atoms with Gasteiger partial charge in [-0.1, -0.05) is 19.3 Å². The topological polar surface area (TPSA) is 73.1 Å². The minimum atomic E-state index is -1.35. The van der Waals surface area contributed by atoms with Crippen molar-refractivity contribution in [1.29, 1.82) is 0 Å². The van der Waals surface area contributed by atoms with Gasteiger partial charge < -0.3 is 14.6 Å². The van der Waals surface area contributed by atoms with Crippen LogP contribution in [0.4, 0.5) is 4.79 Å². The average Bonchev–Trinajstić information content (AvgIpc) is 2.82. The fourth-order valence-corrected chi connectivity index (χ4v) is 3.01. The number of carbonyl (C=O) groups is 1. The van der Waals surface area contributed by atoms with E-state index in [1.54, 1.807) is 23.6 Å². The van der Waals surface area contributed by atoms with Crippen LogP contribution in [0, 0.1) is 12.8 Å². The molecule has 1 aliphatic rings. The lowest BCUT2D eigenvalue weighted by Crippen LogP contribution is -2.15. The summed E-state index contributed by atoms with van der Waals surface area (Å²) < 4.78 is 12.4. The van der Waals surface area contributed by atoms with E-state index in [1.807, 2.05) is 6.07 Å². The third kappa shape index (κ3) is 3.00. The van der Waals surface area contributed by atoms with E-state index < -0.39 is 6.16 Å². The van der Waals surface area contributed by atoms with Gasteiger partial charge >= 0.3 is 6.16 Å². The van der Waals surface area contributed by atoms with Gasteiger partial charge in [0.1, 0.15) is 5.69 Å². The molecule has 1 fully saturated rings. The van der Waals surface area contributed by atoms with Crippen LogP contribution in [0.2, 0.25) is 0 Å². The first-order chi connectivity index (χ1) is 10.6. The molecule has 0 bridgehead atoms. The highest BCUT2D eigenvalue weighted by molar-refractivity contribution is 5.64. The van der Waals surface area contributed by atoms with Gasteiger partial charge in [-0.05, 0) is 37.8 Å². The summed E-state index contributed by atoms with van der Waals surface area (Å²) in [6.07, 6.45) is 6.67. The predicted octanol–water partition coefficient (Wildman–Crippen LogP) is 3.66. The number of aryl methyl sites for hydroxylation is 1. The number of ether oxygens (including phenoxy) is 2. The third-order valence-electron chi connectivity index (χ3n) is 4.12. The SMILES string of the molecule is Cc1nc2c(OCC3CCCCC3)cccn2c1OC(=O)O. The van der Waals surface area contributed by atoms with Gasteiger partial charge in [0.05, 0.1) is 6.61 Å².